The molecule has 1 aromatic carbocycles. The van der Waals surface area contributed by atoms with Crippen LogP contribution in [0.3, 0.4) is 0 Å². The molecule has 0 saturated carbocycles. The van der Waals surface area contributed by atoms with Gasteiger partial charge in [0.15, 0.2) is 0 Å². The second kappa shape index (κ2) is 4.81. The number of methoxy groups -OCH3 is 1. The standard InChI is InChI=1S/C11H14FNO.ClH/c1-14-8-5-7-3-2-4-10(13)11(7)9(12)6-8;/h5-6,10H,2-4,13H2,1H3;1H/t10-;/m0./s1. The smallest absolute Gasteiger partial charge is 0.131 e. The molecule has 0 unspecified atom stereocenters. The third-order valence-electron chi connectivity index (χ3n) is 2.76. The summed E-state index contributed by atoms with van der Waals surface area (Å²) in [5.74, 6) is 0.349. The Morgan fingerprint density at radius 3 is 2.87 bits per heavy atom. The summed E-state index contributed by atoms with van der Waals surface area (Å²) in [5, 5.41) is 0. The first-order valence-electron chi connectivity index (χ1n) is 4.84. The van der Waals surface area contributed by atoms with Crippen LogP contribution in [0, 0.1) is 5.82 Å². The van der Waals surface area contributed by atoms with Crippen molar-refractivity contribution in [3.8, 4) is 5.75 Å². The van der Waals surface area contributed by atoms with Gasteiger partial charge in [-0.3, -0.25) is 0 Å². The number of benzene rings is 1. The second-order valence-corrected chi connectivity index (χ2v) is 3.68. The van der Waals surface area contributed by atoms with Crippen LogP contribution in [0.5, 0.6) is 5.75 Å². The summed E-state index contributed by atoms with van der Waals surface area (Å²) in [4.78, 5) is 0. The molecule has 4 heteroatoms. The average molecular weight is 232 g/mol. The monoisotopic (exact) mass is 231 g/mol. The summed E-state index contributed by atoms with van der Waals surface area (Å²) in [6.45, 7) is 0. The van der Waals surface area contributed by atoms with Crippen molar-refractivity contribution in [1.82, 2.24) is 0 Å². The van der Waals surface area contributed by atoms with Crippen molar-refractivity contribution in [3.05, 3.63) is 29.1 Å². The lowest BCUT2D eigenvalue weighted by atomic mass is 9.87. The molecule has 2 nitrogen and oxygen atoms in total. The molecule has 0 amide bonds. The molecule has 0 aliphatic heterocycles. The highest BCUT2D eigenvalue weighted by atomic mass is 35.5. The normalized spacial score (nSPS) is 19.0. The van der Waals surface area contributed by atoms with Crippen molar-refractivity contribution in [3.63, 3.8) is 0 Å². The van der Waals surface area contributed by atoms with Crippen LogP contribution in [0.2, 0.25) is 0 Å². The quantitative estimate of drug-likeness (QED) is 0.807. The fraction of sp³-hybridized carbons (Fsp3) is 0.455. The number of fused-ring (bicyclic) bond motifs is 1. The van der Waals surface area contributed by atoms with Gasteiger partial charge < -0.3 is 10.5 Å². The molecule has 1 atom stereocenters. The molecule has 2 N–H and O–H groups in total. The number of rotatable bonds is 1. The van der Waals surface area contributed by atoms with E-state index in [9.17, 15) is 4.39 Å². The predicted octanol–water partition coefficient (Wildman–Crippen LogP) is 2.59. The van der Waals surface area contributed by atoms with Gasteiger partial charge in [-0.25, -0.2) is 4.39 Å². The van der Waals surface area contributed by atoms with E-state index in [2.05, 4.69) is 0 Å². The molecule has 0 aromatic heterocycles. The Morgan fingerprint density at radius 2 is 2.20 bits per heavy atom. The number of halogens is 2. The summed E-state index contributed by atoms with van der Waals surface area (Å²) < 4.78 is 18.6. The van der Waals surface area contributed by atoms with Gasteiger partial charge in [-0.15, -0.1) is 12.4 Å². The Bertz CT molecular complexity index is 357. The van der Waals surface area contributed by atoms with Gasteiger partial charge in [0, 0.05) is 17.7 Å². The van der Waals surface area contributed by atoms with Gasteiger partial charge in [0.1, 0.15) is 11.6 Å². The number of hydrogen-bond donors (Lipinski definition) is 1. The van der Waals surface area contributed by atoms with E-state index in [0.717, 1.165) is 24.8 Å². The summed E-state index contributed by atoms with van der Waals surface area (Å²) in [7, 11) is 1.55. The largest absolute Gasteiger partial charge is 0.497 e. The minimum absolute atomic E-state index is 0. The molecule has 0 fully saturated rings. The predicted molar refractivity (Wildman–Crippen MR) is 60.1 cm³/mol. The van der Waals surface area contributed by atoms with Gasteiger partial charge in [0.05, 0.1) is 7.11 Å². The summed E-state index contributed by atoms with van der Waals surface area (Å²) >= 11 is 0. The van der Waals surface area contributed by atoms with Crippen LogP contribution in [0.1, 0.15) is 30.0 Å². The fourth-order valence-corrected chi connectivity index (χ4v) is 2.04. The molecule has 0 radical (unpaired) electrons. The zero-order valence-electron chi connectivity index (χ0n) is 8.63. The third kappa shape index (κ3) is 2.24. The summed E-state index contributed by atoms with van der Waals surface area (Å²) in [6, 6.07) is 3.14. The van der Waals surface area contributed by atoms with Crippen molar-refractivity contribution in [2.75, 3.05) is 7.11 Å². The van der Waals surface area contributed by atoms with Crippen molar-refractivity contribution in [1.29, 1.82) is 0 Å². The highest BCUT2D eigenvalue weighted by Crippen LogP contribution is 2.32. The lowest BCUT2D eigenvalue weighted by molar-refractivity contribution is 0.407. The van der Waals surface area contributed by atoms with Crippen LogP contribution >= 0.6 is 12.4 Å². The van der Waals surface area contributed by atoms with Gasteiger partial charge in [0.25, 0.3) is 0 Å². The maximum absolute atomic E-state index is 13.6. The van der Waals surface area contributed by atoms with Crippen molar-refractivity contribution in [2.24, 2.45) is 5.73 Å². The summed E-state index contributed by atoms with van der Waals surface area (Å²) in [6.07, 6.45) is 2.80. The van der Waals surface area contributed by atoms with Crippen molar-refractivity contribution in [2.45, 2.75) is 25.3 Å². The topological polar surface area (TPSA) is 35.2 Å². The maximum atomic E-state index is 13.6. The van der Waals surface area contributed by atoms with Crippen LogP contribution in [0.25, 0.3) is 0 Å². The van der Waals surface area contributed by atoms with Gasteiger partial charge in [0.2, 0.25) is 0 Å². The minimum Gasteiger partial charge on any atom is -0.497 e. The van der Waals surface area contributed by atoms with E-state index in [1.807, 2.05) is 6.07 Å². The number of hydrogen-bond acceptors (Lipinski definition) is 2. The Hall–Kier alpha value is -0.800. The number of ether oxygens (including phenoxy) is 1. The van der Waals surface area contributed by atoms with Crippen LogP contribution < -0.4 is 10.5 Å². The molecule has 1 aliphatic rings. The van der Waals surface area contributed by atoms with E-state index in [0.29, 0.717) is 11.3 Å². The Balaban J connectivity index is 0.00000112. The first-order valence-corrected chi connectivity index (χ1v) is 4.84. The molecule has 84 valence electrons. The van der Waals surface area contributed by atoms with Crippen LogP contribution in [-0.2, 0) is 6.42 Å². The summed E-state index contributed by atoms with van der Waals surface area (Å²) in [5.41, 5.74) is 7.54. The molecule has 0 spiro atoms. The molecule has 0 saturated heterocycles. The van der Waals surface area contributed by atoms with Gasteiger partial charge in [-0.2, -0.15) is 0 Å². The van der Waals surface area contributed by atoms with Crippen LogP contribution in [-0.4, -0.2) is 7.11 Å². The van der Waals surface area contributed by atoms with E-state index >= 15 is 0 Å². The van der Waals surface area contributed by atoms with E-state index in [1.54, 1.807) is 7.11 Å². The van der Waals surface area contributed by atoms with E-state index in [1.165, 1.54) is 6.07 Å². The molecule has 1 aromatic rings. The van der Waals surface area contributed by atoms with Crippen molar-refractivity contribution >= 4 is 12.4 Å². The Morgan fingerprint density at radius 1 is 1.47 bits per heavy atom. The lowest BCUT2D eigenvalue weighted by Crippen LogP contribution is -2.19. The first-order chi connectivity index (χ1) is 6.72. The van der Waals surface area contributed by atoms with E-state index in [-0.39, 0.29) is 24.3 Å². The Kier molecular flexibility index (Phi) is 3.94. The average Bonchev–Trinajstić information content (AvgIpc) is 2.17. The second-order valence-electron chi connectivity index (χ2n) is 3.68. The maximum Gasteiger partial charge on any atom is 0.131 e. The third-order valence-corrected chi connectivity index (χ3v) is 2.76. The molecular formula is C11H15ClFNO. The fourth-order valence-electron chi connectivity index (χ4n) is 2.04. The van der Waals surface area contributed by atoms with Gasteiger partial charge in [-0.1, -0.05) is 0 Å². The van der Waals surface area contributed by atoms with E-state index < -0.39 is 0 Å². The number of nitrogens with two attached hydrogens (primary N) is 1. The van der Waals surface area contributed by atoms with Gasteiger partial charge >= 0.3 is 0 Å². The highest BCUT2D eigenvalue weighted by Gasteiger charge is 2.21. The Labute approximate surface area is 95.0 Å². The van der Waals surface area contributed by atoms with Crippen LogP contribution in [0.15, 0.2) is 12.1 Å². The van der Waals surface area contributed by atoms with Crippen molar-refractivity contribution < 1.29 is 9.13 Å². The molecule has 2 rings (SSSR count). The first kappa shape index (κ1) is 12.3. The zero-order valence-corrected chi connectivity index (χ0v) is 9.44. The number of aryl methyl sites for hydroxylation is 1. The molecule has 15 heavy (non-hydrogen) atoms. The van der Waals surface area contributed by atoms with E-state index in [4.69, 9.17) is 10.5 Å². The molecule has 0 heterocycles. The zero-order chi connectivity index (χ0) is 10.1. The molecular weight excluding hydrogens is 217 g/mol. The highest BCUT2D eigenvalue weighted by molar-refractivity contribution is 5.85. The SMILES string of the molecule is COc1cc(F)c2c(c1)CCC[C@@H]2N.Cl. The molecule has 1 aliphatic carbocycles. The minimum atomic E-state index is -0.230. The van der Waals surface area contributed by atoms with Crippen LogP contribution in [0.4, 0.5) is 4.39 Å². The molecule has 0 bridgehead atoms. The van der Waals surface area contributed by atoms with Gasteiger partial charge in [-0.05, 0) is 30.9 Å². The lowest BCUT2D eigenvalue weighted by Gasteiger charge is -2.23.